The Hall–Kier alpha value is -2.24. The van der Waals surface area contributed by atoms with Crippen LogP contribution in [0.5, 0.6) is 0 Å². The molecule has 2 heterocycles. The van der Waals surface area contributed by atoms with E-state index in [9.17, 15) is 9.59 Å². The van der Waals surface area contributed by atoms with E-state index in [1.54, 1.807) is 11.8 Å². The molecule has 0 aliphatic carbocycles. The van der Waals surface area contributed by atoms with Crippen molar-refractivity contribution in [2.45, 2.75) is 32.6 Å². The van der Waals surface area contributed by atoms with Crippen LogP contribution in [0.4, 0.5) is 16.2 Å². The Kier molecular flexibility index (Phi) is 5.79. The zero-order valence-corrected chi connectivity index (χ0v) is 14.9. The number of hydrogen-bond donors (Lipinski definition) is 1. The van der Waals surface area contributed by atoms with Crippen LogP contribution in [0.3, 0.4) is 0 Å². The van der Waals surface area contributed by atoms with Gasteiger partial charge in [0.25, 0.3) is 0 Å². The monoisotopic (exact) mass is 345 g/mol. The highest BCUT2D eigenvalue weighted by molar-refractivity contribution is 5.96. The molecule has 0 unspecified atom stereocenters. The first-order valence-electron chi connectivity index (χ1n) is 9.25. The smallest absolute Gasteiger partial charge is 0.409 e. The van der Waals surface area contributed by atoms with Crippen LogP contribution in [0, 0.1) is 5.92 Å². The Morgan fingerprint density at radius 2 is 1.92 bits per heavy atom. The van der Waals surface area contributed by atoms with Crippen LogP contribution in [0.1, 0.15) is 32.6 Å². The van der Waals surface area contributed by atoms with Crippen molar-refractivity contribution in [2.24, 2.45) is 5.92 Å². The standard InChI is InChI=1S/C19H27N3O3/c1-2-25-19(24)22-13-7-8-15(14-22)18(23)20-16-9-3-4-10-17(16)21-11-5-6-12-21/h3-4,9-10,15H,2,5-8,11-14H2,1H3,(H,20,23)/t15-/m1/s1. The topological polar surface area (TPSA) is 61.9 Å². The summed E-state index contributed by atoms with van der Waals surface area (Å²) in [6, 6.07) is 7.97. The van der Waals surface area contributed by atoms with Crippen LogP contribution in [0.25, 0.3) is 0 Å². The lowest BCUT2D eigenvalue weighted by Crippen LogP contribution is -2.44. The lowest BCUT2D eigenvalue weighted by molar-refractivity contribution is -0.121. The van der Waals surface area contributed by atoms with Crippen LogP contribution < -0.4 is 10.2 Å². The first-order chi connectivity index (χ1) is 12.2. The minimum absolute atomic E-state index is 0.0133. The maximum atomic E-state index is 12.8. The van der Waals surface area contributed by atoms with Crippen LogP contribution in [-0.4, -0.2) is 49.7 Å². The van der Waals surface area contributed by atoms with Gasteiger partial charge in [-0.15, -0.1) is 0 Å². The van der Waals surface area contributed by atoms with E-state index in [1.807, 2.05) is 18.2 Å². The molecule has 1 aromatic rings. The number of amides is 2. The fourth-order valence-electron chi connectivity index (χ4n) is 3.62. The number of para-hydroxylation sites is 2. The highest BCUT2D eigenvalue weighted by Crippen LogP contribution is 2.29. The third-order valence-electron chi connectivity index (χ3n) is 4.93. The highest BCUT2D eigenvalue weighted by atomic mass is 16.6. The van der Waals surface area contributed by atoms with Gasteiger partial charge in [-0.2, -0.15) is 0 Å². The van der Waals surface area contributed by atoms with Crippen molar-refractivity contribution in [3.8, 4) is 0 Å². The molecule has 1 aromatic carbocycles. The minimum Gasteiger partial charge on any atom is -0.450 e. The number of carbonyl (C=O) groups is 2. The average molecular weight is 345 g/mol. The number of anilines is 2. The zero-order valence-electron chi connectivity index (χ0n) is 14.9. The van der Waals surface area contributed by atoms with Gasteiger partial charge in [-0.1, -0.05) is 12.1 Å². The van der Waals surface area contributed by atoms with Gasteiger partial charge in [-0.05, 0) is 44.7 Å². The molecule has 136 valence electrons. The molecule has 0 radical (unpaired) electrons. The third-order valence-corrected chi connectivity index (χ3v) is 4.93. The Balaban J connectivity index is 1.65. The van der Waals surface area contributed by atoms with E-state index in [-0.39, 0.29) is 17.9 Å². The molecule has 2 saturated heterocycles. The molecular weight excluding hydrogens is 318 g/mol. The fraction of sp³-hybridized carbons (Fsp3) is 0.579. The lowest BCUT2D eigenvalue weighted by Gasteiger charge is -2.31. The number of nitrogens with one attached hydrogen (secondary N) is 1. The predicted molar refractivity (Wildman–Crippen MR) is 97.8 cm³/mol. The summed E-state index contributed by atoms with van der Waals surface area (Å²) < 4.78 is 5.06. The number of hydrogen-bond acceptors (Lipinski definition) is 4. The van der Waals surface area contributed by atoms with Crippen LogP contribution in [0.15, 0.2) is 24.3 Å². The van der Waals surface area contributed by atoms with E-state index in [2.05, 4.69) is 16.3 Å². The molecule has 2 amide bonds. The first-order valence-corrected chi connectivity index (χ1v) is 9.25. The van der Waals surface area contributed by atoms with Gasteiger partial charge in [0, 0.05) is 26.2 Å². The summed E-state index contributed by atoms with van der Waals surface area (Å²) in [5.41, 5.74) is 1.95. The Labute approximate surface area is 149 Å². The first kappa shape index (κ1) is 17.6. The maximum absolute atomic E-state index is 12.8. The average Bonchev–Trinajstić information content (AvgIpc) is 3.17. The maximum Gasteiger partial charge on any atom is 0.409 e. The van der Waals surface area contributed by atoms with Crippen molar-refractivity contribution in [2.75, 3.05) is 43.0 Å². The van der Waals surface area contributed by atoms with Crippen molar-refractivity contribution >= 4 is 23.4 Å². The summed E-state index contributed by atoms with van der Waals surface area (Å²) in [7, 11) is 0. The quantitative estimate of drug-likeness (QED) is 0.911. The van der Waals surface area contributed by atoms with Gasteiger partial charge in [0.1, 0.15) is 0 Å². The van der Waals surface area contributed by atoms with Crippen LogP contribution in [0.2, 0.25) is 0 Å². The second kappa shape index (κ2) is 8.23. The van der Waals surface area contributed by atoms with Crippen molar-refractivity contribution in [1.29, 1.82) is 0 Å². The number of ether oxygens (including phenoxy) is 1. The van der Waals surface area contributed by atoms with E-state index in [0.29, 0.717) is 19.7 Å². The second-order valence-corrected chi connectivity index (χ2v) is 6.68. The summed E-state index contributed by atoms with van der Waals surface area (Å²) in [5.74, 6) is -0.203. The highest BCUT2D eigenvalue weighted by Gasteiger charge is 2.29. The van der Waals surface area contributed by atoms with Crippen LogP contribution >= 0.6 is 0 Å². The molecular formula is C19H27N3O3. The molecule has 25 heavy (non-hydrogen) atoms. The molecule has 0 saturated carbocycles. The Morgan fingerprint density at radius 1 is 1.16 bits per heavy atom. The summed E-state index contributed by atoms with van der Waals surface area (Å²) in [5, 5.41) is 3.09. The summed E-state index contributed by atoms with van der Waals surface area (Å²) >= 11 is 0. The molecule has 3 rings (SSSR count). The molecule has 2 aliphatic rings. The van der Waals surface area contributed by atoms with Gasteiger partial charge in [-0.25, -0.2) is 4.79 Å². The summed E-state index contributed by atoms with van der Waals surface area (Å²) in [4.78, 5) is 28.6. The number of benzene rings is 1. The Morgan fingerprint density at radius 3 is 2.68 bits per heavy atom. The molecule has 6 heteroatoms. The second-order valence-electron chi connectivity index (χ2n) is 6.68. The van der Waals surface area contributed by atoms with E-state index in [0.717, 1.165) is 37.3 Å². The number of likely N-dealkylation sites (tertiary alicyclic amines) is 1. The van der Waals surface area contributed by atoms with Crippen molar-refractivity contribution < 1.29 is 14.3 Å². The van der Waals surface area contributed by atoms with Crippen molar-refractivity contribution in [3.05, 3.63) is 24.3 Å². The number of rotatable bonds is 4. The zero-order chi connectivity index (χ0) is 17.6. The number of carbonyl (C=O) groups excluding carboxylic acids is 2. The molecule has 0 spiro atoms. The van der Waals surface area contributed by atoms with Gasteiger partial charge in [0.15, 0.2) is 0 Å². The molecule has 0 aromatic heterocycles. The predicted octanol–water partition coefficient (Wildman–Crippen LogP) is 3.09. The molecule has 2 fully saturated rings. The minimum atomic E-state index is -0.322. The van der Waals surface area contributed by atoms with Crippen LogP contribution in [-0.2, 0) is 9.53 Å². The number of piperidine rings is 1. The molecule has 6 nitrogen and oxygen atoms in total. The molecule has 1 atom stereocenters. The van der Waals surface area contributed by atoms with Crippen molar-refractivity contribution in [1.82, 2.24) is 4.90 Å². The van der Waals surface area contributed by atoms with Gasteiger partial charge >= 0.3 is 6.09 Å². The SMILES string of the molecule is CCOC(=O)N1CCC[C@@H](C(=O)Nc2ccccc2N2CCCC2)C1. The van der Waals surface area contributed by atoms with Gasteiger partial charge in [0.05, 0.1) is 23.9 Å². The van der Waals surface area contributed by atoms with E-state index in [1.165, 1.54) is 12.8 Å². The molecule has 2 aliphatic heterocycles. The third kappa shape index (κ3) is 4.24. The van der Waals surface area contributed by atoms with E-state index in [4.69, 9.17) is 4.74 Å². The molecule has 1 N–H and O–H groups in total. The van der Waals surface area contributed by atoms with E-state index >= 15 is 0 Å². The number of nitrogens with zero attached hydrogens (tertiary/aromatic N) is 2. The van der Waals surface area contributed by atoms with Gasteiger partial charge in [-0.3, -0.25) is 4.79 Å². The fourth-order valence-corrected chi connectivity index (χ4v) is 3.62. The van der Waals surface area contributed by atoms with Crippen molar-refractivity contribution in [3.63, 3.8) is 0 Å². The van der Waals surface area contributed by atoms with E-state index < -0.39 is 0 Å². The molecule has 0 bridgehead atoms. The van der Waals surface area contributed by atoms with Gasteiger partial charge < -0.3 is 19.9 Å². The summed E-state index contributed by atoms with van der Waals surface area (Å²) in [6.07, 6.45) is 3.69. The lowest BCUT2D eigenvalue weighted by atomic mass is 9.97. The summed E-state index contributed by atoms with van der Waals surface area (Å²) in [6.45, 7) is 5.31. The Bertz CT molecular complexity index is 614. The van der Waals surface area contributed by atoms with Gasteiger partial charge in [0.2, 0.25) is 5.91 Å². The normalized spacial score (nSPS) is 20.4. The largest absolute Gasteiger partial charge is 0.450 e.